The van der Waals surface area contributed by atoms with E-state index in [1.807, 2.05) is 106 Å². The van der Waals surface area contributed by atoms with Crippen LogP contribution < -0.4 is 0 Å². The predicted molar refractivity (Wildman–Crippen MR) is 150 cm³/mol. The molecule has 6 heteroatoms. The van der Waals surface area contributed by atoms with Crippen molar-refractivity contribution in [3.05, 3.63) is 118 Å². The lowest BCUT2D eigenvalue weighted by Gasteiger charge is -2.19. The van der Waals surface area contributed by atoms with E-state index in [0.717, 1.165) is 43.6 Å². The molecule has 0 amide bonds. The van der Waals surface area contributed by atoms with Crippen LogP contribution in [0.1, 0.15) is 0 Å². The van der Waals surface area contributed by atoms with Crippen molar-refractivity contribution in [3.63, 3.8) is 0 Å². The van der Waals surface area contributed by atoms with Gasteiger partial charge in [-0.1, -0.05) is 108 Å². The quantitative estimate of drug-likeness (QED) is 0.156. The van der Waals surface area contributed by atoms with E-state index < -0.39 is 5.82 Å². The summed E-state index contributed by atoms with van der Waals surface area (Å²) >= 11 is 20.6. The number of hydrogen-bond donors (Lipinski definition) is 0. The average molecular weight is 530 g/mol. The maximum Gasteiger partial charge on any atom is 0.164 e. The third-order valence-corrected chi connectivity index (χ3v) is 7.87. The lowest BCUT2D eigenvalue weighted by atomic mass is 10.2. The molecule has 0 saturated carbocycles. The van der Waals surface area contributed by atoms with Crippen molar-refractivity contribution >= 4 is 78.4 Å². The number of rotatable bonds is 2. The van der Waals surface area contributed by atoms with Gasteiger partial charge in [0.2, 0.25) is 0 Å². The molecule has 174 valence electrons. The van der Waals surface area contributed by atoms with E-state index in [0.29, 0.717) is 11.4 Å². The minimum absolute atomic E-state index is 0.124. The third kappa shape index (κ3) is 2.85. The SMILES string of the molecule is Fc1c(Cl)c(-n2c3ccccc3c3ccccc32)c(Cl)c(-n2c3ccccc3c3ccccc32)c1Cl. The van der Waals surface area contributed by atoms with Crippen LogP contribution in [0.5, 0.6) is 0 Å². The number of fused-ring (bicyclic) bond motifs is 6. The molecule has 36 heavy (non-hydrogen) atoms. The summed E-state index contributed by atoms with van der Waals surface area (Å²) in [6.45, 7) is 0. The summed E-state index contributed by atoms with van der Waals surface area (Å²) in [6, 6.07) is 31.8. The topological polar surface area (TPSA) is 9.86 Å². The lowest BCUT2D eigenvalue weighted by molar-refractivity contribution is 0.627. The van der Waals surface area contributed by atoms with Crippen molar-refractivity contribution in [2.45, 2.75) is 0 Å². The standard InChI is InChI=1S/C30H16Cl3FN2/c31-25-28(34)26(32)30(36-23-15-7-3-11-19(23)20-12-4-8-16-24(20)36)27(33)29(25)35-21-13-5-1-9-17(21)18-10-2-6-14-22(18)35/h1-16H. The van der Waals surface area contributed by atoms with E-state index in [4.69, 9.17) is 34.8 Å². The molecule has 0 unspecified atom stereocenters. The summed E-state index contributed by atoms with van der Waals surface area (Å²) < 4.78 is 19.7. The van der Waals surface area contributed by atoms with Gasteiger partial charge in [0.25, 0.3) is 0 Å². The van der Waals surface area contributed by atoms with Crippen LogP contribution in [0.2, 0.25) is 15.1 Å². The highest BCUT2D eigenvalue weighted by molar-refractivity contribution is 6.43. The Morgan fingerprint density at radius 2 is 0.694 bits per heavy atom. The first-order valence-electron chi connectivity index (χ1n) is 11.4. The minimum Gasteiger partial charge on any atom is -0.306 e. The predicted octanol–water partition coefficient (Wildman–Crippen LogP) is 9.98. The smallest absolute Gasteiger partial charge is 0.164 e. The van der Waals surface area contributed by atoms with Crippen LogP contribution in [0.15, 0.2) is 97.1 Å². The highest BCUT2D eigenvalue weighted by atomic mass is 35.5. The van der Waals surface area contributed by atoms with Gasteiger partial charge in [-0.05, 0) is 24.3 Å². The summed E-state index contributed by atoms with van der Waals surface area (Å²) in [5.74, 6) is -0.712. The average Bonchev–Trinajstić information content (AvgIpc) is 3.42. The van der Waals surface area contributed by atoms with Crippen molar-refractivity contribution < 1.29 is 4.39 Å². The number of halogens is 4. The van der Waals surface area contributed by atoms with E-state index in [1.165, 1.54) is 0 Å². The molecule has 0 radical (unpaired) electrons. The summed E-state index contributed by atoms with van der Waals surface area (Å²) in [5.41, 5.74) is 4.20. The second-order valence-electron chi connectivity index (χ2n) is 8.69. The van der Waals surface area contributed by atoms with Crippen LogP contribution in [0.3, 0.4) is 0 Å². The zero-order valence-corrected chi connectivity index (χ0v) is 20.9. The van der Waals surface area contributed by atoms with E-state index in [2.05, 4.69) is 0 Å². The largest absolute Gasteiger partial charge is 0.306 e. The Hall–Kier alpha value is -3.50. The molecule has 2 aromatic heterocycles. The van der Waals surface area contributed by atoms with E-state index in [1.54, 1.807) is 0 Å². The van der Waals surface area contributed by atoms with Crippen LogP contribution >= 0.6 is 34.8 Å². The zero-order valence-electron chi connectivity index (χ0n) is 18.6. The minimum atomic E-state index is -0.712. The van der Waals surface area contributed by atoms with Crippen molar-refractivity contribution in [1.29, 1.82) is 0 Å². The summed E-state index contributed by atoms with van der Waals surface area (Å²) in [4.78, 5) is 0. The number of nitrogens with zero attached hydrogens (tertiary/aromatic N) is 2. The van der Waals surface area contributed by atoms with Gasteiger partial charge in [-0.15, -0.1) is 0 Å². The molecule has 0 bridgehead atoms. The molecule has 0 aliphatic carbocycles. The Morgan fingerprint density at radius 3 is 1.00 bits per heavy atom. The molecule has 0 spiro atoms. The Bertz CT molecular complexity index is 1750. The molecule has 0 fully saturated rings. The fraction of sp³-hybridized carbons (Fsp3) is 0. The van der Waals surface area contributed by atoms with Crippen LogP contribution in [0, 0.1) is 5.82 Å². The zero-order chi connectivity index (χ0) is 24.6. The molecule has 7 aromatic rings. The van der Waals surface area contributed by atoms with Crippen LogP contribution in [-0.2, 0) is 0 Å². The fourth-order valence-corrected chi connectivity index (χ4v) is 6.38. The maximum absolute atomic E-state index is 15.9. The number of para-hydroxylation sites is 4. The molecule has 0 saturated heterocycles. The van der Waals surface area contributed by atoms with Gasteiger partial charge in [-0.25, -0.2) is 4.39 Å². The summed E-state index contributed by atoms with van der Waals surface area (Å²) in [5, 5.41) is 4.11. The van der Waals surface area contributed by atoms with E-state index in [9.17, 15) is 0 Å². The maximum atomic E-state index is 15.9. The Balaban J connectivity index is 1.68. The van der Waals surface area contributed by atoms with E-state index >= 15 is 4.39 Å². The van der Waals surface area contributed by atoms with Crippen molar-refractivity contribution in [3.8, 4) is 11.4 Å². The van der Waals surface area contributed by atoms with Gasteiger partial charge in [-0.3, -0.25) is 0 Å². The highest BCUT2D eigenvalue weighted by Gasteiger charge is 2.27. The normalized spacial score (nSPS) is 11.9. The van der Waals surface area contributed by atoms with Crippen molar-refractivity contribution in [2.75, 3.05) is 0 Å². The Labute approximate surface area is 220 Å². The fourth-order valence-electron chi connectivity index (χ4n) is 5.33. The van der Waals surface area contributed by atoms with E-state index in [-0.39, 0.29) is 15.1 Å². The van der Waals surface area contributed by atoms with Gasteiger partial charge in [0.15, 0.2) is 5.82 Å². The van der Waals surface area contributed by atoms with Gasteiger partial charge in [0.1, 0.15) is 10.0 Å². The number of aromatic nitrogens is 2. The first-order valence-corrected chi connectivity index (χ1v) is 12.5. The molecular formula is C30H16Cl3FN2. The lowest BCUT2D eigenvalue weighted by Crippen LogP contribution is -2.05. The Kier molecular flexibility index (Phi) is 4.84. The molecule has 0 aliphatic heterocycles. The molecule has 0 N–H and O–H groups in total. The molecule has 0 atom stereocenters. The van der Waals surface area contributed by atoms with Crippen LogP contribution in [0.25, 0.3) is 55.0 Å². The molecule has 0 aliphatic rings. The third-order valence-electron chi connectivity index (χ3n) is 6.82. The highest BCUT2D eigenvalue weighted by Crippen LogP contribution is 2.46. The molecule has 2 nitrogen and oxygen atoms in total. The van der Waals surface area contributed by atoms with Gasteiger partial charge in [0.05, 0.1) is 38.5 Å². The molecular weight excluding hydrogens is 514 g/mol. The molecule has 2 heterocycles. The monoisotopic (exact) mass is 528 g/mol. The second kappa shape index (κ2) is 8.01. The van der Waals surface area contributed by atoms with Gasteiger partial charge >= 0.3 is 0 Å². The summed E-state index contributed by atoms with van der Waals surface area (Å²) in [7, 11) is 0. The summed E-state index contributed by atoms with van der Waals surface area (Å²) in [6.07, 6.45) is 0. The number of benzene rings is 5. The molecule has 5 aromatic carbocycles. The van der Waals surface area contributed by atoms with Crippen LogP contribution in [-0.4, -0.2) is 9.13 Å². The first kappa shape index (κ1) is 21.8. The van der Waals surface area contributed by atoms with Gasteiger partial charge < -0.3 is 9.13 Å². The van der Waals surface area contributed by atoms with Gasteiger partial charge in [-0.2, -0.15) is 0 Å². The van der Waals surface area contributed by atoms with Crippen molar-refractivity contribution in [1.82, 2.24) is 9.13 Å². The van der Waals surface area contributed by atoms with Gasteiger partial charge in [0, 0.05) is 21.5 Å². The first-order chi connectivity index (χ1) is 17.6. The molecule has 7 rings (SSSR count). The van der Waals surface area contributed by atoms with Crippen molar-refractivity contribution in [2.24, 2.45) is 0 Å². The van der Waals surface area contributed by atoms with Crippen LogP contribution in [0.4, 0.5) is 4.39 Å². The number of hydrogen-bond acceptors (Lipinski definition) is 0. The Morgan fingerprint density at radius 1 is 0.417 bits per heavy atom. The second-order valence-corrected chi connectivity index (χ2v) is 9.83.